The van der Waals surface area contributed by atoms with Gasteiger partial charge in [0, 0.05) is 17.8 Å². The number of aromatic amines is 1. The predicted octanol–water partition coefficient (Wildman–Crippen LogP) is 5.40. The SMILES string of the molecule is CC(Oc1ccc(Nc2nc(Nc3ccccc3S(=O)(=O)C(C)C)c3cn[nH]c3n2)cc1)C1CCCCN1C1CCNCC1. The minimum absolute atomic E-state index is 0.0890. The molecule has 0 bridgehead atoms. The number of rotatable bonds is 10. The van der Waals surface area contributed by atoms with Crippen molar-refractivity contribution < 1.29 is 13.2 Å². The second kappa shape index (κ2) is 13.1. The number of anilines is 4. The standard InChI is InChI=1S/C32H42N8O3S/c1-21(2)44(41,42)29-10-5-4-8-27(29)36-30-26-20-34-39-31(26)38-32(37-30)35-23-11-13-25(14-12-23)43-22(3)28-9-6-7-19-40(28)24-15-17-33-18-16-24/h4-5,8,10-14,20-22,24,28,33H,6-7,9,15-19H2,1-3H3,(H3,34,35,36,37,38,39). The number of fused-ring (bicyclic) bond motifs is 1. The Morgan fingerprint density at radius 2 is 1.73 bits per heavy atom. The number of likely N-dealkylation sites (tertiary alicyclic amines) is 1. The summed E-state index contributed by atoms with van der Waals surface area (Å²) in [5.41, 5.74) is 1.76. The van der Waals surface area contributed by atoms with Crippen molar-refractivity contribution in [2.24, 2.45) is 0 Å². The number of para-hydroxylation sites is 1. The highest BCUT2D eigenvalue weighted by molar-refractivity contribution is 7.92. The van der Waals surface area contributed by atoms with Gasteiger partial charge >= 0.3 is 0 Å². The third-order valence-corrected chi connectivity index (χ3v) is 10.9. The van der Waals surface area contributed by atoms with Gasteiger partial charge in [0.2, 0.25) is 5.95 Å². The number of benzene rings is 2. The van der Waals surface area contributed by atoms with E-state index in [9.17, 15) is 8.42 Å². The highest BCUT2D eigenvalue weighted by Crippen LogP contribution is 2.32. The van der Waals surface area contributed by atoms with Crippen LogP contribution in [0.2, 0.25) is 0 Å². The van der Waals surface area contributed by atoms with Crippen molar-refractivity contribution in [2.45, 2.75) is 81.2 Å². The largest absolute Gasteiger partial charge is 0.489 e. The minimum Gasteiger partial charge on any atom is -0.489 e. The quantitative estimate of drug-likeness (QED) is 0.183. The molecule has 0 saturated carbocycles. The third-order valence-electron chi connectivity index (χ3n) is 8.72. The van der Waals surface area contributed by atoms with E-state index in [1.54, 1.807) is 44.3 Å². The summed E-state index contributed by atoms with van der Waals surface area (Å²) >= 11 is 0. The number of nitrogens with one attached hydrogen (secondary N) is 4. The molecule has 0 radical (unpaired) electrons. The molecule has 234 valence electrons. The number of H-pyrrole nitrogens is 1. The molecule has 2 aromatic heterocycles. The maximum absolute atomic E-state index is 13.0. The number of nitrogens with zero attached hydrogens (tertiary/aromatic N) is 4. The first-order valence-electron chi connectivity index (χ1n) is 15.6. The average Bonchev–Trinajstić information content (AvgIpc) is 3.52. The van der Waals surface area contributed by atoms with E-state index < -0.39 is 15.1 Å². The van der Waals surface area contributed by atoms with Gasteiger partial charge in [0.25, 0.3) is 0 Å². The molecule has 2 fully saturated rings. The molecule has 0 amide bonds. The fourth-order valence-corrected chi connectivity index (χ4v) is 7.50. The van der Waals surface area contributed by atoms with Crippen LogP contribution in [0.1, 0.15) is 52.9 Å². The van der Waals surface area contributed by atoms with Gasteiger partial charge < -0.3 is 20.7 Å². The number of piperidine rings is 2. The van der Waals surface area contributed by atoms with Crippen LogP contribution in [-0.2, 0) is 9.84 Å². The first kappa shape index (κ1) is 30.3. The molecule has 2 unspecified atom stereocenters. The smallest absolute Gasteiger partial charge is 0.231 e. The Labute approximate surface area is 259 Å². The zero-order chi connectivity index (χ0) is 30.7. The van der Waals surface area contributed by atoms with Gasteiger partial charge in [0.05, 0.1) is 27.4 Å². The van der Waals surface area contributed by atoms with Crippen molar-refractivity contribution >= 4 is 44.0 Å². The number of sulfone groups is 1. The van der Waals surface area contributed by atoms with Crippen molar-refractivity contribution in [1.29, 1.82) is 0 Å². The van der Waals surface area contributed by atoms with Crippen molar-refractivity contribution in [2.75, 3.05) is 30.3 Å². The second-order valence-electron chi connectivity index (χ2n) is 12.0. The summed E-state index contributed by atoms with van der Waals surface area (Å²) in [4.78, 5) is 12.2. The Morgan fingerprint density at radius 3 is 2.50 bits per heavy atom. The van der Waals surface area contributed by atoms with Crippen LogP contribution in [0.3, 0.4) is 0 Å². The average molecular weight is 619 g/mol. The summed E-state index contributed by atoms with van der Waals surface area (Å²) in [5, 5.41) is 17.1. The molecule has 4 heterocycles. The molecular weight excluding hydrogens is 576 g/mol. The number of ether oxygens (including phenoxy) is 1. The maximum Gasteiger partial charge on any atom is 0.231 e. The van der Waals surface area contributed by atoms with Crippen molar-refractivity contribution in [3.63, 3.8) is 0 Å². The zero-order valence-corrected chi connectivity index (χ0v) is 26.4. The Kier molecular flexibility index (Phi) is 9.01. The molecule has 2 atom stereocenters. The second-order valence-corrected chi connectivity index (χ2v) is 14.5. The Bertz CT molecular complexity index is 1670. The highest BCUT2D eigenvalue weighted by Gasteiger charge is 2.34. The summed E-state index contributed by atoms with van der Waals surface area (Å²) in [6.07, 6.45) is 7.80. The van der Waals surface area contributed by atoms with Gasteiger partial charge in [-0.25, -0.2) is 8.42 Å². The minimum atomic E-state index is -3.52. The lowest BCUT2D eigenvalue weighted by molar-refractivity contribution is 0.0119. The van der Waals surface area contributed by atoms with E-state index in [0.29, 0.717) is 40.6 Å². The van der Waals surface area contributed by atoms with Crippen LogP contribution in [0.4, 0.5) is 23.1 Å². The lowest BCUT2D eigenvalue weighted by Gasteiger charge is -2.45. The van der Waals surface area contributed by atoms with Crippen LogP contribution in [0.15, 0.2) is 59.6 Å². The summed E-state index contributed by atoms with van der Waals surface area (Å²) in [6, 6.07) is 15.7. The zero-order valence-electron chi connectivity index (χ0n) is 25.6. The molecule has 4 aromatic rings. The number of aromatic nitrogens is 4. The van der Waals surface area contributed by atoms with E-state index >= 15 is 0 Å². The molecule has 0 aliphatic carbocycles. The maximum atomic E-state index is 13.0. The topological polar surface area (TPSA) is 137 Å². The van der Waals surface area contributed by atoms with E-state index in [0.717, 1.165) is 31.1 Å². The fourth-order valence-electron chi connectivity index (χ4n) is 6.30. The Hall–Kier alpha value is -3.74. The summed E-state index contributed by atoms with van der Waals surface area (Å²) in [5.74, 6) is 1.61. The molecular formula is C32H42N8O3S. The first-order chi connectivity index (χ1) is 21.3. The number of hydrogen-bond donors (Lipinski definition) is 4. The van der Waals surface area contributed by atoms with Gasteiger partial charge in [0.15, 0.2) is 15.5 Å². The molecule has 4 N–H and O–H groups in total. The molecule has 2 saturated heterocycles. The van der Waals surface area contributed by atoms with Gasteiger partial charge in [-0.3, -0.25) is 10.00 Å². The normalized spacial score (nSPS) is 19.2. The molecule has 2 aliphatic rings. The molecule has 6 rings (SSSR count). The van der Waals surface area contributed by atoms with E-state index in [-0.39, 0.29) is 11.0 Å². The van der Waals surface area contributed by atoms with E-state index in [4.69, 9.17) is 4.74 Å². The van der Waals surface area contributed by atoms with Gasteiger partial charge in [-0.15, -0.1) is 0 Å². The lowest BCUT2D eigenvalue weighted by atomic mass is 9.93. The van der Waals surface area contributed by atoms with E-state index in [2.05, 4.69) is 47.9 Å². The van der Waals surface area contributed by atoms with Gasteiger partial charge in [-0.05, 0) is 102 Å². The summed E-state index contributed by atoms with van der Waals surface area (Å²) in [7, 11) is -3.52. The van der Waals surface area contributed by atoms with E-state index in [1.165, 1.54) is 32.1 Å². The van der Waals surface area contributed by atoms with E-state index in [1.807, 2.05) is 24.3 Å². The molecule has 2 aliphatic heterocycles. The molecule has 0 spiro atoms. The Morgan fingerprint density at radius 1 is 0.955 bits per heavy atom. The molecule has 44 heavy (non-hydrogen) atoms. The molecule has 12 heteroatoms. The van der Waals surface area contributed by atoms with Gasteiger partial charge in [-0.1, -0.05) is 18.6 Å². The third kappa shape index (κ3) is 6.52. The van der Waals surface area contributed by atoms with Crippen LogP contribution < -0.4 is 20.7 Å². The predicted molar refractivity (Wildman–Crippen MR) is 174 cm³/mol. The van der Waals surface area contributed by atoms with Crippen LogP contribution in [0, 0.1) is 0 Å². The van der Waals surface area contributed by atoms with Crippen LogP contribution in [0.5, 0.6) is 5.75 Å². The summed E-state index contributed by atoms with van der Waals surface area (Å²) < 4.78 is 32.5. The molecule has 11 nitrogen and oxygen atoms in total. The first-order valence-corrected chi connectivity index (χ1v) is 17.2. The molecule has 2 aromatic carbocycles. The van der Waals surface area contributed by atoms with Crippen LogP contribution >= 0.6 is 0 Å². The van der Waals surface area contributed by atoms with Crippen LogP contribution in [0.25, 0.3) is 11.0 Å². The van der Waals surface area contributed by atoms with Crippen LogP contribution in [-0.4, -0.2) is 76.6 Å². The van der Waals surface area contributed by atoms with Crippen molar-refractivity contribution in [3.05, 3.63) is 54.7 Å². The summed E-state index contributed by atoms with van der Waals surface area (Å²) in [6.45, 7) is 8.89. The van der Waals surface area contributed by atoms with Crippen molar-refractivity contribution in [3.8, 4) is 5.75 Å². The highest BCUT2D eigenvalue weighted by atomic mass is 32.2. The van der Waals surface area contributed by atoms with Crippen molar-refractivity contribution in [1.82, 2.24) is 30.4 Å². The van der Waals surface area contributed by atoms with Gasteiger partial charge in [-0.2, -0.15) is 15.1 Å². The number of hydrogen-bond acceptors (Lipinski definition) is 10. The van der Waals surface area contributed by atoms with Gasteiger partial charge in [0.1, 0.15) is 17.7 Å². The Balaban J connectivity index is 1.17. The monoisotopic (exact) mass is 618 g/mol. The fraction of sp³-hybridized carbons (Fsp3) is 0.469. The lowest BCUT2D eigenvalue weighted by Crippen LogP contribution is -2.54.